The fraction of sp³-hybridized carbons (Fsp3) is 0.346. The number of pyridine rings is 1. The van der Waals surface area contributed by atoms with Gasteiger partial charge in [0.05, 0.1) is 16.0 Å². The van der Waals surface area contributed by atoms with E-state index in [1.165, 1.54) is 19.1 Å². The number of carbonyl (C=O) groups excluding carboxylic acids is 2. The predicted molar refractivity (Wildman–Crippen MR) is 135 cm³/mol. The van der Waals surface area contributed by atoms with Crippen molar-refractivity contribution >= 4 is 32.8 Å². The standard InChI is InChI=1S/C26H31N3O5S/c1-4-8-22-20(5-2)24(21-9-6-7-10-23(21)29-22)26(31)34-17(3)25(30)28-16-15-18-11-13-19(14-12-18)35(27,32)33/h6-7,9-14,17H,4-5,8,15-16H2,1-3H3,(H,28,30)(H2,27,32,33). The Morgan fingerprint density at radius 1 is 1.06 bits per heavy atom. The summed E-state index contributed by atoms with van der Waals surface area (Å²) in [6.45, 7) is 5.88. The predicted octanol–water partition coefficient (Wildman–Crippen LogP) is 3.30. The van der Waals surface area contributed by atoms with Crippen LogP contribution in [0.5, 0.6) is 0 Å². The van der Waals surface area contributed by atoms with Crippen molar-refractivity contribution in [1.82, 2.24) is 10.3 Å². The second-order valence-corrected chi connectivity index (χ2v) is 9.87. The van der Waals surface area contributed by atoms with Gasteiger partial charge in [-0.2, -0.15) is 0 Å². The van der Waals surface area contributed by atoms with E-state index >= 15 is 0 Å². The Morgan fingerprint density at radius 3 is 2.37 bits per heavy atom. The molecule has 1 unspecified atom stereocenters. The average molecular weight is 498 g/mol. The van der Waals surface area contributed by atoms with E-state index in [4.69, 9.17) is 14.9 Å². The topological polar surface area (TPSA) is 128 Å². The summed E-state index contributed by atoms with van der Waals surface area (Å²) in [5, 5.41) is 8.58. The molecule has 0 saturated carbocycles. The molecule has 1 amide bonds. The van der Waals surface area contributed by atoms with Crippen molar-refractivity contribution in [3.05, 3.63) is 70.9 Å². The van der Waals surface area contributed by atoms with Crippen molar-refractivity contribution in [2.24, 2.45) is 5.14 Å². The molecule has 0 radical (unpaired) electrons. The molecule has 0 bridgehead atoms. The van der Waals surface area contributed by atoms with Crippen LogP contribution in [0.15, 0.2) is 53.4 Å². The number of primary sulfonamides is 1. The van der Waals surface area contributed by atoms with E-state index in [1.54, 1.807) is 12.1 Å². The van der Waals surface area contributed by atoms with Crippen molar-refractivity contribution in [3.8, 4) is 0 Å². The molecule has 35 heavy (non-hydrogen) atoms. The molecule has 0 saturated heterocycles. The number of para-hydroxylation sites is 1. The van der Waals surface area contributed by atoms with E-state index in [9.17, 15) is 18.0 Å². The molecule has 2 aromatic carbocycles. The number of fused-ring (bicyclic) bond motifs is 1. The van der Waals surface area contributed by atoms with Crippen LogP contribution in [0.4, 0.5) is 0 Å². The third kappa shape index (κ3) is 6.43. The maximum absolute atomic E-state index is 13.2. The molecule has 0 aliphatic carbocycles. The third-order valence-corrected chi connectivity index (χ3v) is 6.67. The maximum atomic E-state index is 13.2. The molecule has 9 heteroatoms. The summed E-state index contributed by atoms with van der Waals surface area (Å²) < 4.78 is 28.3. The highest BCUT2D eigenvalue weighted by molar-refractivity contribution is 7.89. The summed E-state index contributed by atoms with van der Waals surface area (Å²) in [7, 11) is -3.75. The molecule has 8 nitrogen and oxygen atoms in total. The number of nitrogens with two attached hydrogens (primary N) is 1. The minimum Gasteiger partial charge on any atom is -0.449 e. The zero-order valence-corrected chi connectivity index (χ0v) is 21.0. The molecule has 1 aromatic heterocycles. The van der Waals surface area contributed by atoms with Crippen molar-refractivity contribution < 1.29 is 22.7 Å². The van der Waals surface area contributed by atoms with Gasteiger partial charge in [-0.1, -0.05) is 50.6 Å². The summed E-state index contributed by atoms with van der Waals surface area (Å²) in [6, 6.07) is 13.6. The number of nitrogens with one attached hydrogen (secondary N) is 1. The number of benzene rings is 2. The Kier molecular flexibility index (Phi) is 8.58. The third-order valence-electron chi connectivity index (χ3n) is 5.74. The lowest BCUT2D eigenvalue weighted by Crippen LogP contribution is -2.37. The fourth-order valence-electron chi connectivity index (χ4n) is 3.95. The van der Waals surface area contributed by atoms with Gasteiger partial charge in [0.2, 0.25) is 10.0 Å². The molecule has 0 spiro atoms. The summed E-state index contributed by atoms with van der Waals surface area (Å²) in [5.74, 6) is -0.955. The number of rotatable bonds is 10. The molecule has 1 heterocycles. The first-order valence-electron chi connectivity index (χ1n) is 11.7. The van der Waals surface area contributed by atoms with Gasteiger partial charge < -0.3 is 10.1 Å². The lowest BCUT2D eigenvalue weighted by molar-refractivity contribution is -0.129. The smallest absolute Gasteiger partial charge is 0.339 e. The number of amides is 1. The molecule has 1 atom stereocenters. The number of carbonyl (C=O) groups is 2. The van der Waals surface area contributed by atoms with Gasteiger partial charge in [0, 0.05) is 17.6 Å². The number of hydrogen-bond acceptors (Lipinski definition) is 6. The Labute approximate surface area is 205 Å². The van der Waals surface area contributed by atoms with Gasteiger partial charge in [-0.15, -0.1) is 0 Å². The minimum absolute atomic E-state index is 0.0306. The quantitative estimate of drug-likeness (QED) is 0.414. The summed E-state index contributed by atoms with van der Waals surface area (Å²) in [4.78, 5) is 30.6. The van der Waals surface area contributed by atoms with Crippen molar-refractivity contribution in [3.63, 3.8) is 0 Å². The van der Waals surface area contributed by atoms with Crippen molar-refractivity contribution in [2.45, 2.75) is 57.5 Å². The number of aryl methyl sites for hydroxylation is 1. The van der Waals surface area contributed by atoms with Crippen LogP contribution in [-0.2, 0) is 38.8 Å². The Balaban J connectivity index is 1.68. The fourth-order valence-corrected chi connectivity index (χ4v) is 4.47. The molecule has 0 fully saturated rings. The Hall–Kier alpha value is -3.30. The number of sulfonamides is 1. The summed E-state index contributed by atoms with van der Waals surface area (Å²) >= 11 is 0. The summed E-state index contributed by atoms with van der Waals surface area (Å²) in [5.41, 5.74) is 3.76. The monoisotopic (exact) mass is 497 g/mol. The number of ether oxygens (including phenoxy) is 1. The molecule has 3 rings (SSSR count). The minimum atomic E-state index is -3.75. The van der Waals surface area contributed by atoms with E-state index in [0.717, 1.165) is 35.2 Å². The lowest BCUT2D eigenvalue weighted by atomic mass is 9.96. The molecule has 0 aliphatic heterocycles. The van der Waals surface area contributed by atoms with E-state index in [-0.39, 0.29) is 4.90 Å². The van der Waals surface area contributed by atoms with Gasteiger partial charge in [-0.25, -0.2) is 18.4 Å². The zero-order chi connectivity index (χ0) is 25.6. The molecular formula is C26H31N3O5S. The van der Waals surface area contributed by atoms with Gasteiger partial charge >= 0.3 is 5.97 Å². The van der Waals surface area contributed by atoms with Gasteiger partial charge in [-0.05, 0) is 55.5 Å². The number of aromatic nitrogens is 1. The average Bonchev–Trinajstić information content (AvgIpc) is 2.82. The number of nitrogens with zero attached hydrogens (tertiary/aromatic N) is 1. The second-order valence-electron chi connectivity index (χ2n) is 8.31. The van der Waals surface area contributed by atoms with Crippen LogP contribution in [0, 0.1) is 0 Å². The van der Waals surface area contributed by atoms with Gasteiger partial charge in [-0.3, -0.25) is 9.78 Å². The Bertz CT molecular complexity index is 1320. The first kappa shape index (κ1) is 26.3. The van der Waals surface area contributed by atoms with Crippen molar-refractivity contribution in [2.75, 3.05) is 6.54 Å². The van der Waals surface area contributed by atoms with Crippen molar-refractivity contribution in [1.29, 1.82) is 0 Å². The SMILES string of the molecule is CCCc1nc2ccccc2c(C(=O)OC(C)C(=O)NCCc2ccc(S(N)(=O)=O)cc2)c1CC. The zero-order valence-electron chi connectivity index (χ0n) is 20.2. The number of hydrogen-bond donors (Lipinski definition) is 2. The lowest BCUT2D eigenvalue weighted by Gasteiger charge is -2.18. The second kappa shape index (κ2) is 11.4. The van der Waals surface area contributed by atoms with Gasteiger partial charge in [0.15, 0.2) is 6.10 Å². The molecule has 3 aromatic rings. The van der Waals surface area contributed by atoms with Gasteiger partial charge in [0.1, 0.15) is 0 Å². The molecule has 186 valence electrons. The maximum Gasteiger partial charge on any atom is 0.339 e. The highest BCUT2D eigenvalue weighted by Crippen LogP contribution is 2.26. The molecule has 3 N–H and O–H groups in total. The first-order valence-corrected chi connectivity index (χ1v) is 13.2. The normalized spacial score (nSPS) is 12.3. The van der Waals surface area contributed by atoms with Crippen LogP contribution >= 0.6 is 0 Å². The van der Waals surface area contributed by atoms with Crippen LogP contribution in [0.2, 0.25) is 0 Å². The largest absolute Gasteiger partial charge is 0.449 e. The summed E-state index contributed by atoms with van der Waals surface area (Å²) in [6.07, 6.45) is 1.77. The molecule has 0 aliphatic rings. The highest BCUT2D eigenvalue weighted by Gasteiger charge is 2.24. The van der Waals surface area contributed by atoms with Gasteiger partial charge in [0.25, 0.3) is 5.91 Å². The number of esters is 1. The van der Waals surface area contributed by atoms with E-state index in [0.29, 0.717) is 30.3 Å². The van der Waals surface area contributed by atoms with Crippen LogP contribution in [0.1, 0.15) is 54.4 Å². The highest BCUT2D eigenvalue weighted by atomic mass is 32.2. The molecular weight excluding hydrogens is 466 g/mol. The van der Waals surface area contributed by atoms with Crippen LogP contribution in [-0.4, -0.2) is 37.9 Å². The van der Waals surface area contributed by atoms with Crippen LogP contribution < -0.4 is 10.5 Å². The Morgan fingerprint density at radius 2 is 1.74 bits per heavy atom. The van der Waals surface area contributed by atoms with E-state index in [1.807, 2.05) is 31.2 Å². The van der Waals surface area contributed by atoms with Crippen LogP contribution in [0.3, 0.4) is 0 Å². The van der Waals surface area contributed by atoms with E-state index in [2.05, 4.69) is 12.2 Å². The van der Waals surface area contributed by atoms with Crippen LogP contribution in [0.25, 0.3) is 10.9 Å². The first-order chi connectivity index (χ1) is 16.7. The van der Waals surface area contributed by atoms with E-state index < -0.39 is 28.0 Å².